The third-order valence-corrected chi connectivity index (χ3v) is 2.16. The molecule has 70 valence electrons. The average molecular weight is 174 g/mol. The molecule has 0 saturated heterocycles. The summed E-state index contributed by atoms with van der Waals surface area (Å²) in [6, 6.07) is 10.7. The highest BCUT2D eigenvalue weighted by atomic mass is 14.0. The molecule has 13 heavy (non-hydrogen) atoms. The van der Waals surface area contributed by atoms with Crippen LogP contribution >= 0.6 is 0 Å². The minimum Gasteiger partial charge on any atom is -0.0917 e. The highest BCUT2D eigenvalue weighted by Gasteiger charge is 1.90. The highest BCUT2D eigenvalue weighted by molar-refractivity contribution is 5.14. The van der Waals surface area contributed by atoms with E-state index in [-0.39, 0.29) is 0 Å². The van der Waals surface area contributed by atoms with Crippen molar-refractivity contribution in [3.05, 3.63) is 48.0 Å². The van der Waals surface area contributed by atoms with Crippen molar-refractivity contribution in [3.8, 4) is 0 Å². The second-order valence-corrected chi connectivity index (χ2v) is 3.30. The second-order valence-electron chi connectivity index (χ2n) is 3.30. The van der Waals surface area contributed by atoms with Crippen LogP contribution in [0, 0.1) is 0 Å². The summed E-state index contributed by atoms with van der Waals surface area (Å²) < 4.78 is 0. The SMILES string of the molecule is CC=CCCCCc1ccccc1. The lowest BCUT2D eigenvalue weighted by Crippen LogP contribution is -1.83. The van der Waals surface area contributed by atoms with Crippen LogP contribution in [0.5, 0.6) is 0 Å². The first-order valence-corrected chi connectivity index (χ1v) is 5.08. The third kappa shape index (κ3) is 4.51. The fourth-order valence-electron chi connectivity index (χ4n) is 1.40. The smallest absolute Gasteiger partial charge is 0.0279 e. The molecule has 1 rings (SSSR count). The summed E-state index contributed by atoms with van der Waals surface area (Å²) in [6.45, 7) is 2.08. The number of hydrogen-bond acceptors (Lipinski definition) is 0. The fraction of sp³-hybridized carbons (Fsp3) is 0.385. The predicted molar refractivity (Wildman–Crippen MR) is 58.8 cm³/mol. The molecule has 0 atom stereocenters. The van der Waals surface area contributed by atoms with Crippen LogP contribution < -0.4 is 0 Å². The van der Waals surface area contributed by atoms with Gasteiger partial charge < -0.3 is 0 Å². The highest BCUT2D eigenvalue weighted by Crippen LogP contribution is 2.06. The van der Waals surface area contributed by atoms with Gasteiger partial charge in [-0.15, -0.1) is 0 Å². The first kappa shape index (κ1) is 10.0. The Morgan fingerprint density at radius 1 is 1.08 bits per heavy atom. The molecule has 0 aliphatic heterocycles. The monoisotopic (exact) mass is 174 g/mol. The minimum absolute atomic E-state index is 1.22. The zero-order valence-corrected chi connectivity index (χ0v) is 8.37. The van der Waals surface area contributed by atoms with Crippen molar-refractivity contribution < 1.29 is 0 Å². The van der Waals surface area contributed by atoms with Crippen LogP contribution in [0.25, 0.3) is 0 Å². The summed E-state index contributed by atoms with van der Waals surface area (Å²) in [4.78, 5) is 0. The second kappa shape index (κ2) is 6.47. The van der Waals surface area contributed by atoms with Crippen LogP contribution in [-0.2, 0) is 6.42 Å². The first-order chi connectivity index (χ1) is 6.43. The van der Waals surface area contributed by atoms with E-state index in [4.69, 9.17) is 0 Å². The Labute approximate surface area is 81.3 Å². The van der Waals surface area contributed by atoms with Gasteiger partial charge in [-0.05, 0) is 38.2 Å². The standard InChI is InChI=1S/C13H18/c1-2-3-4-5-7-10-13-11-8-6-9-12-13/h2-3,6,8-9,11-12H,4-5,7,10H2,1H3. The van der Waals surface area contributed by atoms with E-state index >= 15 is 0 Å². The normalized spacial score (nSPS) is 10.8. The Morgan fingerprint density at radius 2 is 1.85 bits per heavy atom. The van der Waals surface area contributed by atoms with Crippen molar-refractivity contribution in [2.24, 2.45) is 0 Å². The van der Waals surface area contributed by atoms with E-state index in [0.29, 0.717) is 0 Å². The van der Waals surface area contributed by atoms with E-state index in [1.165, 1.54) is 31.2 Å². The van der Waals surface area contributed by atoms with E-state index in [1.54, 1.807) is 0 Å². The van der Waals surface area contributed by atoms with Crippen LogP contribution in [0.15, 0.2) is 42.5 Å². The average Bonchev–Trinajstić information content (AvgIpc) is 2.19. The number of unbranched alkanes of at least 4 members (excludes halogenated alkanes) is 2. The maximum atomic E-state index is 2.24. The van der Waals surface area contributed by atoms with Crippen molar-refractivity contribution in [3.63, 3.8) is 0 Å². The van der Waals surface area contributed by atoms with Gasteiger partial charge in [0, 0.05) is 0 Å². The maximum Gasteiger partial charge on any atom is -0.0279 e. The zero-order chi connectivity index (χ0) is 9.36. The lowest BCUT2D eigenvalue weighted by molar-refractivity contribution is 0.747. The van der Waals surface area contributed by atoms with E-state index in [2.05, 4.69) is 49.4 Å². The maximum absolute atomic E-state index is 2.24. The van der Waals surface area contributed by atoms with Gasteiger partial charge in [-0.1, -0.05) is 42.5 Å². The van der Waals surface area contributed by atoms with Gasteiger partial charge in [-0.3, -0.25) is 0 Å². The van der Waals surface area contributed by atoms with Crippen molar-refractivity contribution in [1.82, 2.24) is 0 Å². The lowest BCUT2D eigenvalue weighted by Gasteiger charge is -1.98. The van der Waals surface area contributed by atoms with Crippen LogP contribution in [-0.4, -0.2) is 0 Å². The summed E-state index contributed by atoms with van der Waals surface area (Å²) in [6.07, 6.45) is 9.42. The summed E-state index contributed by atoms with van der Waals surface area (Å²) in [7, 11) is 0. The van der Waals surface area contributed by atoms with Gasteiger partial charge in [-0.25, -0.2) is 0 Å². The van der Waals surface area contributed by atoms with Gasteiger partial charge in [0.25, 0.3) is 0 Å². The number of rotatable bonds is 5. The molecule has 0 aliphatic carbocycles. The molecule has 0 bridgehead atoms. The molecular weight excluding hydrogens is 156 g/mol. The van der Waals surface area contributed by atoms with Crippen LogP contribution in [0.2, 0.25) is 0 Å². The Balaban J connectivity index is 2.13. The van der Waals surface area contributed by atoms with Gasteiger partial charge >= 0.3 is 0 Å². The molecule has 0 aliphatic rings. The molecule has 0 nitrogen and oxygen atoms in total. The molecular formula is C13H18. The lowest BCUT2D eigenvalue weighted by atomic mass is 10.1. The molecule has 1 aromatic rings. The number of allylic oxidation sites excluding steroid dienone is 2. The molecule has 0 heterocycles. The Kier molecular flexibility index (Phi) is 5.00. The topological polar surface area (TPSA) is 0 Å². The molecule has 0 saturated carbocycles. The zero-order valence-electron chi connectivity index (χ0n) is 8.37. The minimum atomic E-state index is 1.22. The van der Waals surface area contributed by atoms with Gasteiger partial charge in [0.2, 0.25) is 0 Å². The van der Waals surface area contributed by atoms with Gasteiger partial charge in [-0.2, -0.15) is 0 Å². The number of hydrogen-bond donors (Lipinski definition) is 0. The third-order valence-electron chi connectivity index (χ3n) is 2.16. The molecule has 0 radical (unpaired) electrons. The molecule has 0 fully saturated rings. The molecule has 0 amide bonds. The molecule has 0 spiro atoms. The molecule has 1 aromatic carbocycles. The predicted octanol–water partition coefficient (Wildman–Crippen LogP) is 3.98. The largest absolute Gasteiger partial charge is 0.0917 e. The number of aryl methyl sites for hydroxylation is 1. The van der Waals surface area contributed by atoms with E-state index in [1.807, 2.05) is 0 Å². The van der Waals surface area contributed by atoms with Crippen molar-refractivity contribution in [1.29, 1.82) is 0 Å². The summed E-state index contributed by atoms with van der Waals surface area (Å²) in [5.74, 6) is 0. The molecule has 0 heteroatoms. The van der Waals surface area contributed by atoms with Crippen molar-refractivity contribution in [2.45, 2.75) is 32.6 Å². The molecule has 0 aromatic heterocycles. The summed E-state index contributed by atoms with van der Waals surface area (Å²) in [5, 5.41) is 0. The fourth-order valence-corrected chi connectivity index (χ4v) is 1.40. The summed E-state index contributed by atoms with van der Waals surface area (Å²) in [5.41, 5.74) is 1.46. The van der Waals surface area contributed by atoms with Gasteiger partial charge in [0.15, 0.2) is 0 Å². The Hall–Kier alpha value is -1.04. The number of benzene rings is 1. The van der Waals surface area contributed by atoms with E-state index < -0.39 is 0 Å². The van der Waals surface area contributed by atoms with Crippen LogP contribution in [0.4, 0.5) is 0 Å². The Morgan fingerprint density at radius 3 is 2.54 bits per heavy atom. The van der Waals surface area contributed by atoms with E-state index in [9.17, 15) is 0 Å². The van der Waals surface area contributed by atoms with Gasteiger partial charge in [0.05, 0.1) is 0 Å². The van der Waals surface area contributed by atoms with Crippen molar-refractivity contribution >= 4 is 0 Å². The van der Waals surface area contributed by atoms with Gasteiger partial charge in [0.1, 0.15) is 0 Å². The first-order valence-electron chi connectivity index (χ1n) is 5.08. The Bertz CT molecular complexity index is 233. The van der Waals surface area contributed by atoms with Crippen LogP contribution in [0.1, 0.15) is 31.7 Å². The molecule has 0 unspecified atom stereocenters. The van der Waals surface area contributed by atoms with Crippen LogP contribution in [0.3, 0.4) is 0 Å². The summed E-state index contributed by atoms with van der Waals surface area (Å²) >= 11 is 0. The van der Waals surface area contributed by atoms with E-state index in [0.717, 1.165) is 0 Å². The molecule has 0 N–H and O–H groups in total. The quantitative estimate of drug-likeness (QED) is 0.468. The van der Waals surface area contributed by atoms with Crippen molar-refractivity contribution in [2.75, 3.05) is 0 Å².